The van der Waals surface area contributed by atoms with Crippen LogP contribution in [-0.4, -0.2) is 42.3 Å². The van der Waals surface area contributed by atoms with E-state index in [0.717, 1.165) is 37.7 Å². The van der Waals surface area contributed by atoms with Gasteiger partial charge in [-0.05, 0) is 67.2 Å². The van der Waals surface area contributed by atoms with Gasteiger partial charge in [0, 0.05) is 20.2 Å². The van der Waals surface area contributed by atoms with Gasteiger partial charge in [0.25, 0.3) is 5.91 Å². The van der Waals surface area contributed by atoms with Crippen molar-refractivity contribution in [3.63, 3.8) is 0 Å². The van der Waals surface area contributed by atoms with Crippen molar-refractivity contribution in [3.8, 4) is 6.07 Å². The van der Waals surface area contributed by atoms with Crippen molar-refractivity contribution in [2.24, 2.45) is 12.5 Å². The summed E-state index contributed by atoms with van der Waals surface area (Å²) in [5.74, 6) is -0.555. The van der Waals surface area contributed by atoms with Crippen LogP contribution in [0.25, 0.3) is 11.1 Å². The average molecular weight is 410 g/mol. The van der Waals surface area contributed by atoms with Gasteiger partial charge in [0.1, 0.15) is 12.1 Å². The molecule has 4 fully saturated rings. The highest BCUT2D eigenvalue weighted by Crippen LogP contribution is 2.75. The Kier molecular flexibility index (Phi) is 4.49. The molecular weight excluding hydrogens is 384 g/mol. The smallest absolute Gasteiger partial charge is 0.408 e. The largest absolute Gasteiger partial charge is 0.419 e. The van der Waals surface area contributed by atoms with Gasteiger partial charge in [-0.25, -0.2) is 4.79 Å². The molecule has 30 heavy (non-hydrogen) atoms. The molecule has 2 N–H and O–H groups in total. The lowest BCUT2D eigenvalue weighted by Gasteiger charge is -2.72. The molecule has 1 aromatic carbocycles. The monoisotopic (exact) mass is 410 g/mol. The predicted molar refractivity (Wildman–Crippen MR) is 109 cm³/mol. The summed E-state index contributed by atoms with van der Waals surface area (Å²) in [6, 6.07) is 7.75. The van der Waals surface area contributed by atoms with Crippen LogP contribution in [0.15, 0.2) is 27.4 Å². The zero-order valence-corrected chi connectivity index (χ0v) is 17.1. The quantitative estimate of drug-likeness (QED) is 0.770. The third-order valence-electron chi connectivity index (χ3n) is 7.09. The van der Waals surface area contributed by atoms with Crippen LogP contribution in [-0.2, 0) is 22.0 Å². The Bertz CT molecular complexity index is 1070. The van der Waals surface area contributed by atoms with E-state index in [1.54, 1.807) is 7.05 Å². The number of carbonyl (C=O) groups excluding carboxylic acids is 1. The van der Waals surface area contributed by atoms with Gasteiger partial charge in [0.15, 0.2) is 5.58 Å². The summed E-state index contributed by atoms with van der Waals surface area (Å²) >= 11 is 0. The van der Waals surface area contributed by atoms with Crippen LogP contribution in [0.5, 0.6) is 0 Å². The summed E-state index contributed by atoms with van der Waals surface area (Å²) < 4.78 is 12.4. The van der Waals surface area contributed by atoms with Gasteiger partial charge in [-0.15, -0.1) is 0 Å². The van der Waals surface area contributed by atoms with Gasteiger partial charge < -0.3 is 19.8 Å². The Morgan fingerprint density at radius 3 is 3.00 bits per heavy atom. The molecule has 4 aliphatic rings. The number of hydrogen-bond donors (Lipinski definition) is 2. The molecule has 1 amide bonds. The van der Waals surface area contributed by atoms with E-state index in [1.165, 1.54) is 10.1 Å². The summed E-state index contributed by atoms with van der Waals surface area (Å²) in [7, 11) is 1.72. The fourth-order valence-corrected chi connectivity index (χ4v) is 5.69. The number of oxazole rings is 1. The molecule has 2 bridgehead atoms. The maximum Gasteiger partial charge on any atom is 0.419 e. The fraction of sp³-hybridized carbons (Fsp3) is 0.591. The van der Waals surface area contributed by atoms with Gasteiger partial charge in [-0.3, -0.25) is 9.36 Å². The third-order valence-corrected chi connectivity index (χ3v) is 7.09. The second kappa shape index (κ2) is 6.96. The average Bonchev–Trinajstić information content (AvgIpc) is 2.87. The Balaban J connectivity index is 1.22. The molecule has 8 heteroatoms. The highest BCUT2D eigenvalue weighted by atomic mass is 16.5. The molecule has 2 atom stereocenters. The zero-order valence-electron chi connectivity index (χ0n) is 17.1. The van der Waals surface area contributed by atoms with E-state index in [4.69, 9.17) is 9.15 Å². The predicted octanol–water partition coefficient (Wildman–Crippen LogP) is 1.33. The number of fused-ring (bicyclic) bond motifs is 1. The lowest BCUT2D eigenvalue weighted by atomic mass is 9.32. The molecule has 8 nitrogen and oxygen atoms in total. The number of hydrogen-bond acceptors (Lipinski definition) is 6. The van der Waals surface area contributed by atoms with Crippen molar-refractivity contribution in [1.82, 2.24) is 15.2 Å². The van der Waals surface area contributed by atoms with Crippen LogP contribution >= 0.6 is 0 Å². The maximum absolute atomic E-state index is 12.5. The van der Waals surface area contributed by atoms with Gasteiger partial charge in [-0.1, -0.05) is 6.07 Å². The normalized spacial score (nSPS) is 31.1. The molecule has 1 saturated heterocycles. The third kappa shape index (κ3) is 3.04. The topological polar surface area (TPSA) is 109 Å². The van der Waals surface area contributed by atoms with Crippen LogP contribution < -0.4 is 16.4 Å². The minimum atomic E-state index is -0.531. The standard InChI is InChI=1S/C22H26N4O4/c1-26-16-7-14(3-4-17(16)30-20(26)28)22-11-21(12-22,13-22)8-15(9-23)25-19(27)18-10-24-5-2-6-29-18/h3-4,7,15,18,24H,2,5-6,8,10-13H2,1H3,(H,25,27)/t15?,18-,21?,22?/m0/s1. The number of carbonyl (C=O) groups is 1. The molecule has 1 aliphatic heterocycles. The van der Waals surface area contributed by atoms with Gasteiger partial charge >= 0.3 is 5.76 Å². The zero-order chi connectivity index (χ0) is 20.9. The molecule has 1 unspecified atom stereocenters. The number of aryl methyl sites for hydroxylation is 1. The number of nitrogens with one attached hydrogen (secondary N) is 2. The van der Waals surface area contributed by atoms with Crippen LogP contribution in [0.4, 0.5) is 0 Å². The SMILES string of the molecule is Cn1c(=O)oc2ccc(C34CC(CC(C#N)NC(=O)[C@@H]5CNCCCO5)(C3)C4)cc21. The first-order valence-electron chi connectivity index (χ1n) is 10.6. The lowest BCUT2D eigenvalue weighted by Crippen LogP contribution is -2.66. The van der Waals surface area contributed by atoms with Crippen molar-refractivity contribution in [2.45, 2.75) is 49.7 Å². The number of benzene rings is 1. The van der Waals surface area contributed by atoms with E-state index < -0.39 is 12.1 Å². The minimum Gasteiger partial charge on any atom is -0.408 e. The van der Waals surface area contributed by atoms with Crippen molar-refractivity contribution in [2.75, 3.05) is 19.7 Å². The highest BCUT2D eigenvalue weighted by molar-refractivity contribution is 5.81. The van der Waals surface area contributed by atoms with E-state index >= 15 is 0 Å². The first-order chi connectivity index (χ1) is 14.4. The Labute approximate surface area is 174 Å². The molecule has 2 heterocycles. The van der Waals surface area contributed by atoms with Crippen LogP contribution in [0, 0.1) is 16.7 Å². The molecule has 2 aromatic rings. The van der Waals surface area contributed by atoms with E-state index in [9.17, 15) is 14.9 Å². The molecule has 158 valence electrons. The number of nitriles is 1. The molecule has 6 rings (SSSR count). The number of ether oxygens (including phenoxy) is 1. The molecule has 3 aliphatic carbocycles. The van der Waals surface area contributed by atoms with Gasteiger partial charge in [0.2, 0.25) is 0 Å². The van der Waals surface area contributed by atoms with E-state index in [1.807, 2.05) is 12.1 Å². The second-order valence-corrected chi connectivity index (χ2v) is 9.23. The van der Waals surface area contributed by atoms with Crippen molar-refractivity contribution in [3.05, 3.63) is 34.3 Å². The van der Waals surface area contributed by atoms with E-state index in [-0.39, 0.29) is 22.5 Å². The second-order valence-electron chi connectivity index (χ2n) is 9.23. The number of aromatic nitrogens is 1. The number of nitrogens with zero attached hydrogens (tertiary/aromatic N) is 2. The Morgan fingerprint density at radius 2 is 2.23 bits per heavy atom. The fourth-order valence-electron chi connectivity index (χ4n) is 5.69. The lowest BCUT2D eigenvalue weighted by molar-refractivity contribution is -0.151. The summed E-state index contributed by atoms with van der Waals surface area (Å²) in [5.41, 5.74) is 2.89. The molecule has 3 saturated carbocycles. The van der Waals surface area contributed by atoms with E-state index in [0.29, 0.717) is 25.2 Å². The highest BCUT2D eigenvalue weighted by Gasteiger charge is 2.68. The molecule has 0 spiro atoms. The molecule has 0 radical (unpaired) electrons. The first-order valence-corrected chi connectivity index (χ1v) is 10.6. The van der Waals surface area contributed by atoms with Crippen molar-refractivity contribution in [1.29, 1.82) is 5.26 Å². The maximum atomic E-state index is 12.5. The summed E-state index contributed by atoms with van der Waals surface area (Å²) in [5, 5.41) is 15.7. The summed E-state index contributed by atoms with van der Waals surface area (Å²) in [6.07, 6.45) is 4.04. The number of amides is 1. The van der Waals surface area contributed by atoms with Crippen LogP contribution in [0.2, 0.25) is 0 Å². The molecule has 1 aromatic heterocycles. The number of rotatable bonds is 5. The van der Waals surface area contributed by atoms with Crippen LogP contribution in [0.3, 0.4) is 0 Å². The van der Waals surface area contributed by atoms with Gasteiger partial charge in [-0.2, -0.15) is 5.26 Å². The Morgan fingerprint density at radius 1 is 1.43 bits per heavy atom. The first kappa shape index (κ1) is 19.3. The molecular formula is C22H26N4O4. The van der Waals surface area contributed by atoms with E-state index in [2.05, 4.69) is 22.8 Å². The summed E-state index contributed by atoms with van der Waals surface area (Å²) in [4.78, 5) is 24.2. The van der Waals surface area contributed by atoms with Crippen molar-refractivity contribution < 1.29 is 13.9 Å². The minimum absolute atomic E-state index is 0.119. The summed E-state index contributed by atoms with van der Waals surface area (Å²) in [6.45, 7) is 1.88. The Hall–Kier alpha value is -2.63. The van der Waals surface area contributed by atoms with Gasteiger partial charge in [0.05, 0.1) is 11.6 Å². The van der Waals surface area contributed by atoms with Crippen molar-refractivity contribution >= 4 is 17.0 Å². The van der Waals surface area contributed by atoms with Crippen LogP contribution in [0.1, 0.15) is 37.7 Å².